The molecule has 1 rings (SSSR count). The molecule has 6 heteroatoms. The van der Waals surface area contributed by atoms with Crippen LogP contribution in [0.25, 0.3) is 0 Å². The highest BCUT2D eigenvalue weighted by Gasteiger charge is 2.43. The van der Waals surface area contributed by atoms with Crippen molar-refractivity contribution in [1.29, 1.82) is 5.41 Å². The zero-order chi connectivity index (χ0) is 20.8. The van der Waals surface area contributed by atoms with Crippen LogP contribution in [-0.4, -0.2) is 67.1 Å². The Bertz CT molecular complexity index is 579. The number of hydrogen-bond acceptors (Lipinski definition) is 6. The van der Waals surface area contributed by atoms with Crippen LogP contribution in [0.1, 0.15) is 34.6 Å². The first kappa shape index (κ1) is 23.4. The van der Waals surface area contributed by atoms with Crippen LogP contribution in [0.15, 0.2) is 36.3 Å². The fourth-order valence-corrected chi connectivity index (χ4v) is 3.57. The smallest absolute Gasteiger partial charge is 0.0927 e. The van der Waals surface area contributed by atoms with E-state index in [4.69, 9.17) is 20.6 Å². The molecule has 3 atom stereocenters. The number of morpholine rings is 1. The molecule has 0 aromatic rings. The van der Waals surface area contributed by atoms with E-state index in [-0.39, 0.29) is 5.92 Å². The molecule has 0 bridgehead atoms. The normalized spacial score (nSPS) is 21.4. The van der Waals surface area contributed by atoms with E-state index in [2.05, 4.69) is 36.8 Å². The Labute approximate surface area is 165 Å². The van der Waals surface area contributed by atoms with Crippen molar-refractivity contribution in [3.05, 3.63) is 36.3 Å². The Balaban J connectivity index is 3.53. The largest absolute Gasteiger partial charge is 0.378 e. The fraction of sp³-hybridized carbons (Fsp3) is 0.667. The molecule has 0 aromatic heterocycles. The van der Waals surface area contributed by atoms with E-state index < -0.39 is 11.1 Å². The number of likely N-dealkylation sites (N-methyl/N-ethyl adjacent to an activating group) is 1. The minimum absolute atomic E-state index is 0.136. The van der Waals surface area contributed by atoms with Crippen molar-refractivity contribution in [1.82, 2.24) is 9.80 Å². The Morgan fingerprint density at radius 2 is 1.96 bits per heavy atom. The summed E-state index contributed by atoms with van der Waals surface area (Å²) in [6.45, 7) is 22.2. The summed E-state index contributed by atoms with van der Waals surface area (Å²) in [5, 5.41) is 7.75. The van der Waals surface area contributed by atoms with E-state index in [0.29, 0.717) is 13.2 Å². The number of nitrogens with zero attached hydrogens (tertiary/aromatic N) is 2. The monoisotopic (exact) mass is 378 g/mol. The third-order valence-corrected chi connectivity index (χ3v) is 6.11. The lowest BCUT2D eigenvalue weighted by Gasteiger charge is -2.45. The van der Waals surface area contributed by atoms with Crippen LogP contribution in [-0.2, 0) is 9.47 Å². The number of rotatable bonds is 10. The van der Waals surface area contributed by atoms with E-state index in [1.54, 1.807) is 7.11 Å². The van der Waals surface area contributed by atoms with Gasteiger partial charge in [0.05, 0.1) is 35.7 Å². The van der Waals surface area contributed by atoms with Crippen LogP contribution >= 0.6 is 0 Å². The van der Waals surface area contributed by atoms with Gasteiger partial charge < -0.3 is 30.4 Å². The Kier molecular flexibility index (Phi) is 8.26. The lowest BCUT2D eigenvalue weighted by Crippen LogP contribution is -2.55. The van der Waals surface area contributed by atoms with Gasteiger partial charge in [-0.05, 0) is 39.5 Å². The standard InChI is InChI=1S/C21H38N4O2/c1-9-24(10-2)19(17(4)25-11-13-27-14-12-25)16(3)21(7,26-8)18(5)20(6,23)15-22/h9,15,18,22H,1,4,10-14,23H2,2-3,5-8H3/b19-16-,22-15?/t18-,20?,21?/m1/s1. The maximum atomic E-state index is 7.75. The number of ether oxygens (including phenoxy) is 2. The molecule has 1 aliphatic rings. The van der Waals surface area contributed by atoms with Gasteiger partial charge in [0.1, 0.15) is 0 Å². The highest BCUT2D eigenvalue weighted by Crippen LogP contribution is 2.38. The quantitative estimate of drug-likeness (QED) is 0.451. The second kappa shape index (κ2) is 9.53. The summed E-state index contributed by atoms with van der Waals surface area (Å²) in [5.74, 6) is -0.136. The highest BCUT2D eigenvalue weighted by molar-refractivity contribution is 5.67. The Morgan fingerprint density at radius 1 is 1.41 bits per heavy atom. The molecule has 2 unspecified atom stereocenters. The second-order valence-electron chi connectivity index (χ2n) is 7.53. The molecule has 1 fully saturated rings. The minimum atomic E-state index is -0.803. The van der Waals surface area contributed by atoms with Gasteiger partial charge in [-0.15, -0.1) is 0 Å². The average Bonchev–Trinajstić information content (AvgIpc) is 2.70. The molecule has 0 saturated carbocycles. The van der Waals surface area contributed by atoms with Crippen LogP contribution in [0.5, 0.6) is 0 Å². The van der Waals surface area contributed by atoms with Gasteiger partial charge in [0.15, 0.2) is 0 Å². The van der Waals surface area contributed by atoms with Crippen molar-refractivity contribution in [3.8, 4) is 0 Å². The molecular weight excluding hydrogens is 340 g/mol. The second-order valence-corrected chi connectivity index (χ2v) is 7.53. The van der Waals surface area contributed by atoms with Gasteiger partial charge in [-0.25, -0.2) is 0 Å². The Hall–Kier alpha value is -1.63. The lowest BCUT2D eigenvalue weighted by atomic mass is 9.72. The van der Waals surface area contributed by atoms with Gasteiger partial charge in [0.2, 0.25) is 0 Å². The maximum absolute atomic E-state index is 7.75. The van der Waals surface area contributed by atoms with Gasteiger partial charge in [-0.3, -0.25) is 0 Å². The summed E-state index contributed by atoms with van der Waals surface area (Å²) in [6, 6.07) is 0. The van der Waals surface area contributed by atoms with Gasteiger partial charge in [0, 0.05) is 38.9 Å². The molecule has 1 heterocycles. The summed E-state index contributed by atoms with van der Waals surface area (Å²) < 4.78 is 11.5. The molecular formula is C21H38N4O2. The first-order chi connectivity index (χ1) is 12.6. The first-order valence-corrected chi connectivity index (χ1v) is 9.58. The minimum Gasteiger partial charge on any atom is -0.378 e. The summed E-state index contributed by atoms with van der Waals surface area (Å²) in [4.78, 5) is 4.34. The predicted octanol–water partition coefficient (Wildman–Crippen LogP) is 2.98. The van der Waals surface area contributed by atoms with Crippen molar-refractivity contribution >= 4 is 6.21 Å². The van der Waals surface area contributed by atoms with E-state index in [9.17, 15) is 0 Å². The predicted molar refractivity (Wildman–Crippen MR) is 113 cm³/mol. The zero-order valence-corrected chi connectivity index (χ0v) is 18.0. The van der Waals surface area contributed by atoms with Gasteiger partial charge >= 0.3 is 0 Å². The van der Waals surface area contributed by atoms with E-state index >= 15 is 0 Å². The van der Waals surface area contributed by atoms with E-state index in [1.165, 1.54) is 6.21 Å². The van der Waals surface area contributed by atoms with Crippen molar-refractivity contribution < 1.29 is 9.47 Å². The summed E-state index contributed by atoms with van der Waals surface area (Å²) in [7, 11) is 1.69. The van der Waals surface area contributed by atoms with E-state index in [1.807, 2.05) is 27.0 Å². The van der Waals surface area contributed by atoms with Crippen LogP contribution < -0.4 is 5.73 Å². The van der Waals surface area contributed by atoms with Crippen LogP contribution in [0, 0.1) is 11.3 Å². The number of nitrogens with one attached hydrogen (secondary N) is 1. The molecule has 0 radical (unpaired) electrons. The molecule has 27 heavy (non-hydrogen) atoms. The average molecular weight is 379 g/mol. The van der Waals surface area contributed by atoms with Gasteiger partial charge in [0.25, 0.3) is 0 Å². The number of hydrogen-bond donors (Lipinski definition) is 2. The van der Waals surface area contributed by atoms with Crippen molar-refractivity contribution in [2.24, 2.45) is 11.7 Å². The molecule has 0 aromatic carbocycles. The zero-order valence-electron chi connectivity index (χ0n) is 18.0. The highest BCUT2D eigenvalue weighted by atomic mass is 16.5. The van der Waals surface area contributed by atoms with Crippen LogP contribution in [0.2, 0.25) is 0 Å². The van der Waals surface area contributed by atoms with Crippen molar-refractivity contribution in [3.63, 3.8) is 0 Å². The lowest BCUT2D eigenvalue weighted by molar-refractivity contribution is -0.0220. The molecule has 0 aliphatic carbocycles. The third kappa shape index (κ3) is 4.81. The SMILES string of the molecule is C=CN(CC)/C(C(=C)N1CCOCC1)=C(/C)C(C)(OC)[C@H](C)C(C)(N)C=N. The summed E-state index contributed by atoms with van der Waals surface area (Å²) >= 11 is 0. The molecule has 3 N–H and O–H groups in total. The molecule has 1 saturated heterocycles. The van der Waals surface area contributed by atoms with Crippen molar-refractivity contribution in [2.75, 3.05) is 40.0 Å². The number of methoxy groups -OCH3 is 1. The maximum Gasteiger partial charge on any atom is 0.0927 e. The summed E-state index contributed by atoms with van der Waals surface area (Å²) in [6.07, 6.45) is 3.12. The molecule has 154 valence electrons. The third-order valence-electron chi connectivity index (χ3n) is 6.11. The van der Waals surface area contributed by atoms with Gasteiger partial charge in [-0.2, -0.15) is 0 Å². The fourth-order valence-electron chi connectivity index (χ4n) is 3.57. The van der Waals surface area contributed by atoms with Crippen LogP contribution in [0.3, 0.4) is 0 Å². The molecule has 0 amide bonds. The van der Waals surface area contributed by atoms with Crippen LogP contribution in [0.4, 0.5) is 0 Å². The van der Waals surface area contributed by atoms with Gasteiger partial charge in [-0.1, -0.05) is 20.1 Å². The number of nitrogens with two attached hydrogens (primary N) is 1. The van der Waals surface area contributed by atoms with E-state index in [0.717, 1.165) is 36.6 Å². The molecule has 1 aliphatic heterocycles. The molecule has 0 spiro atoms. The first-order valence-electron chi connectivity index (χ1n) is 9.58. The topological polar surface area (TPSA) is 74.8 Å². The Morgan fingerprint density at radius 3 is 2.37 bits per heavy atom. The molecule has 6 nitrogen and oxygen atoms in total. The summed E-state index contributed by atoms with van der Waals surface area (Å²) in [5.41, 5.74) is 7.86. The van der Waals surface area contributed by atoms with Crippen molar-refractivity contribution in [2.45, 2.75) is 45.8 Å².